The molecule has 0 saturated heterocycles. The standard InChI is InChI=1S/C7H7F3N2O3S/c1-15-7-4(16(11,13)14)2-3(5(8)9)6(10)12-7/h2,5H,1H3,(H2,11,13,14). The van der Waals surface area contributed by atoms with Crippen molar-refractivity contribution in [2.24, 2.45) is 5.14 Å². The van der Waals surface area contributed by atoms with Crippen LogP contribution in [-0.4, -0.2) is 20.5 Å². The Labute approximate surface area is 89.1 Å². The lowest BCUT2D eigenvalue weighted by molar-refractivity contribution is 0.144. The predicted octanol–water partition coefficient (Wildman–Crippen LogP) is 0.814. The SMILES string of the molecule is COc1nc(F)c(C(F)F)cc1S(N)(=O)=O. The molecule has 90 valence electrons. The molecular weight excluding hydrogens is 249 g/mol. The largest absolute Gasteiger partial charge is 0.480 e. The monoisotopic (exact) mass is 256 g/mol. The molecular formula is C7H7F3N2O3S. The first-order chi connectivity index (χ1) is 7.27. The molecule has 1 rings (SSSR count). The van der Waals surface area contributed by atoms with Gasteiger partial charge in [-0.25, -0.2) is 22.3 Å². The summed E-state index contributed by atoms with van der Waals surface area (Å²) in [5.41, 5.74) is -1.15. The Hall–Kier alpha value is -1.35. The molecule has 16 heavy (non-hydrogen) atoms. The number of methoxy groups -OCH3 is 1. The molecule has 5 nitrogen and oxygen atoms in total. The van der Waals surface area contributed by atoms with Gasteiger partial charge in [0.15, 0.2) is 0 Å². The van der Waals surface area contributed by atoms with Gasteiger partial charge in [0.05, 0.1) is 12.7 Å². The minimum atomic E-state index is -4.31. The summed E-state index contributed by atoms with van der Waals surface area (Å²) >= 11 is 0. The summed E-state index contributed by atoms with van der Waals surface area (Å²) < 4.78 is 63.9. The van der Waals surface area contributed by atoms with Gasteiger partial charge >= 0.3 is 0 Å². The van der Waals surface area contributed by atoms with E-state index in [1.165, 1.54) is 0 Å². The van der Waals surface area contributed by atoms with Crippen LogP contribution in [0.25, 0.3) is 0 Å². The van der Waals surface area contributed by atoms with E-state index < -0.39 is 38.7 Å². The number of rotatable bonds is 3. The second-order valence-corrected chi connectivity index (χ2v) is 4.25. The summed E-state index contributed by atoms with van der Waals surface area (Å²) in [6, 6.07) is 0.404. The van der Waals surface area contributed by atoms with Gasteiger partial charge in [0.1, 0.15) is 4.90 Å². The number of ether oxygens (including phenoxy) is 1. The topological polar surface area (TPSA) is 82.3 Å². The molecule has 0 fully saturated rings. The van der Waals surface area contributed by atoms with Crippen molar-refractivity contribution in [2.75, 3.05) is 7.11 Å². The number of alkyl halides is 2. The lowest BCUT2D eigenvalue weighted by Gasteiger charge is -2.08. The zero-order valence-electron chi connectivity index (χ0n) is 7.95. The van der Waals surface area contributed by atoms with E-state index in [4.69, 9.17) is 5.14 Å². The highest BCUT2D eigenvalue weighted by Gasteiger charge is 2.24. The van der Waals surface area contributed by atoms with Gasteiger partial charge < -0.3 is 4.74 Å². The highest BCUT2D eigenvalue weighted by atomic mass is 32.2. The smallest absolute Gasteiger partial charge is 0.268 e. The van der Waals surface area contributed by atoms with Gasteiger partial charge in [-0.2, -0.15) is 9.37 Å². The van der Waals surface area contributed by atoms with Crippen LogP contribution in [0.5, 0.6) is 5.88 Å². The van der Waals surface area contributed by atoms with E-state index in [-0.39, 0.29) is 0 Å². The number of aromatic nitrogens is 1. The first kappa shape index (κ1) is 12.7. The van der Waals surface area contributed by atoms with Gasteiger partial charge in [0, 0.05) is 0 Å². The number of nitrogens with zero attached hydrogens (tertiary/aromatic N) is 1. The van der Waals surface area contributed by atoms with Crippen molar-refractivity contribution >= 4 is 10.0 Å². The normalized spacial score (nSPS) is 11.9. The van der Waals surface area contributed by atoms with Crippen LogP contribution < -0.4 is 9.88 Å². The first-order valence-corrected chi connectivity index (χ1v) is 5.37. The molecule has 9 heteroatoms. The third-order valence-electron chi connectivity index (χ3n) is 1.67. The average Bonchev–Trinajstić information content (AvgIpc) is 2.14. The summed E-state index contributed by atoms with van der Waals surface area (Å²) in [7, 11) is -3.29. The molecule has 1 aromatic rings. The van der Waals surface area contributed by atoms with Crippen molar-refractivity contribution in [2.45, 2.75) is 11.3 Å². The van der Waals surface area contributed by atoms with Crippen molar-refractivity contribution in [3.8, 4) is 5.88 Å². The van der Waals surface area contributed by atoms with Crippen molar-refractivity contribution in [1.82, 2.24) is 4.98 Å². The van der Waals surface area contributed by atoms with Gasteiger partial charge in [0.2, 0.25) is 21.9 Å². The maximum Gasteiger partial charge on any atom is 0.268 e. The molecule has 0 atom stereocenters. The maximum absolute atomic E-state index is 12.9. The van der Waals surface area contributed by atoms with Gasteiger partial charge in [0.25, 0.3) is 6.43 Å². The summed E-state index contributed by atoms with van der Waals surface area (Å²) in [5, 5.41) is 4.74. The summed E-state index contributed by atoms with van der Waals surface area (Å²) in [6.07, 6.45) is -3.20. The fraction of sp³-hybridized carbons (Fsp3) is 0.286. The number of hydrogen-bond donors (Lipinski definition) is 1. The van der Waals surface area contributed by atoms with Crippen molar-refractivity contribution < 1.29 is 26.3 Å². The minimum absolute atomic E-state index is 0.404. The van der Waals surface area contributed by atoms with Crippen LogP contribution in [0.3, 0.4) is 0 Å². The van der Waals surface area contributed by atoms with E-state index in [9.17, 15) is 21.6 Å². The fourth-order valence-electron chi connectivity index (χ4n) is 0.974. The molecule has 0 bridgehead atoms. The van der Waals surface area contributed by atoms with E-state index in [0.717, 1.165) is 7.11 Å². The highest BCUT2D eigenvalue weighted by molar-refractivity contribution is 7.89. The second-order valence-electron chi connectivity index (χ2n) is 2.72. The molecule has 0 saturated carbocycles. The average molecular weight is 256 g/mol. The summed E-state index contributed by atoms with van der Waals surface area (Å²) in [4.78, 5) is 2.17. The van der Waals surface area contributed by atoms with E-state index in [1.807, 2.05) is 0 Å². The Balaban J connectivity index is 3.53. The van der Waals surface area contributed by atoms with Gasteiger partial charge in [-0.15, -0.1) is 0 Å². The molecule has 0 amide bonds. The molecule has 0 aliphatic heterocycles. The second kappa shape index (κ2) is 4.26. The number of sulfonamides is 1. The molecule has 1 heterocycles. The van der Waals surface area contributed by atoms with E-state index in [1.54, 1.807) is 0 Å². The molecule has 0 aliphatic rings. The van der Waals surface area contributed by atoms with Crippen LogP contribution in [0.4, 0.5) is 13.2 Å². The maximum atomic E-state index is 12.9. The Morgan fingerprint density at radius 1 is 1.50 bits per heavy atom. The lowest BCUT2D eigenvalue weighted by Crippen LogP contribution is -2.15. The van der Waals surface area contributed by atoms with Crippen molar-refractivity contribution in [3.63, 3.8) is 0 Å². The molecule has 0 aliphatic carbocycles. The summed E-state index contributed by atoms with van der Waals surface area (Å²) in [5.74, 6) is -2.16. The third kappa shape index (κ3) is 2.42. The molecule has 0 aromatic carbocycles. The minimum Gasteiger partial charge on any atom is -0.480 e. The summed E-state index contributed by atoms with van der Waals surface area (Å²) in [6.45, 7) is 0. The number of pyridine rings is 1. The molecule has 0 unspecified atom stereocenters. The quantitative estimate of drug-likeness (QED) is 0.811. The Morgan fingerprint density at radius 2 is 2.06 bits per heavy atom. The highest BCUT2D eigenvalue weighted by Crippen LogP contribution is 2.28. The lowest BCUT2D eigenvalue weighted by atomic mass is 10.3. The Morgan fingerprint density at radius 3 is 2.44 bits per heavy atom. The number of nitrogens with two attached hydrogens (primary N) is 1. The van der Waals surface area contributed by atoms with Crippen LogP contribution in [0.2, 0.25) is 0 Å². The first-order valence-electron chi connectivity index (χ1n) is 3.82. The van der Waals surface area contributed by atoms with Crippen LogP contribution in [0.1, 0.15) is 12.0 Å². The van der Waals surface area contributed by atoms with Crippen LogP contribution in [0.15, 0.2) is 11.0 Å². The van der Waals surface area contributed by atoms with E-state index in [2.05, 4.69) is 9.72 Å². The Kier molecular flexibility index (Phi) is 3.38. The van der Waals surface area contributed by atoms with Crippen molar-refractivity contribution in [1.29, 1.82) is 0 Å². The van der Waals surface area contributed by atoms with Gasteiger partial charge in [-0.3, -0.25) is 0 Å². The van der Waals surface area contributed by atoms with Gasteiger partial charge in [-0.1, -0.05) is 0 Å². The molecule has 0 spiro atoms. The number of hydrogen-bond acceptors (Lipinski definition) is 4. The third-order valence-corrected chi connectivity index (χ3v) is 2.58. The zero-order chi connectivity index (χ0) is 12.5. The van der Waals surface area contributed by atoms with Crippen LogP contribution in [-0.2, 0) is 10.0 Å². The fourth-order valence-corrected chi connectivity index (χ4v) is 1.64. The predicted molar refractivity (Wildman–Crippen MR) is 47.1 cm³/mol. The van der Waals surface area contributed by atoms with Crippen LogP contribution in [0, 0.1) is 5.95 Å². The molecule has 2 N–H and O–H groups in total. The zero-order valence-corrected chi connectivity index (χ0v) is 8.76. The van der Waals surface area contributed by atoms with Crippen molar-refractivity contribution in [3.05, 3.63) is 17.6 Å². The van der Waals surface area contributed by atoms with Crippen LogP contribution >= 0.6 is 0 Å². The van der Waals surface area contributed by atoms with E-state index >= 15 is 0 Å². The van der Waals surface area contributed by atoms with E-state index in [0.29, 0.717) is 6.07 Å². The number of primary sulfonamides is 1. The molecule has 1 aromatic heterocycles. The van der Waals surface area contributed by atoms with Gasteiger partial charge in [-0.05, 0) is 6.07 Å². The number of halogens is 3. The Bertz CT molecular complexity index is 504. The molecule has 0 radical (unpaired) electrons.